The Morgan fingerprint density at radius 1 is 1.31 bits per heavy atom. The van der Waals surface area contributed by atoms with Gasteiger partial charge in [0.1, 0.15) is 11.5 Å². The normalized spacial score (nSPS) is 10.1. The first-order chi connectivity index (χ1) is 7.68. The maximum absolute atomic E-state index is 13.5. The van der Waals surface area contributed by atoms with E-state index in [0.717, 1.165) is 5.56 Å². The maximum atomic E-state index is 13.5. The van der Waals surface area contributed by atoms with Crippen molar-refractivity contribution in [1.29, 1.82) is 0 Å². The highest BCUT2D eigenvalue weighted by Crippen LogP contribution is 2.13. The Morgan fingerprint density at radius 3 is 2.75 bits per heavy atom. The first-order valence-electron chi connectivity index (χ1n) is 4.75. The molecule has 4 heteroatoms. The van der Waals surface area contributed by atoms with Crippen molar-refractivity contribution in [2.45, 2.75) is 6.92 Å². The quantitative estimate of drug-likeness (QED) is 0.722. The van der Waals surface area contributed by atoms with Crippen LogP contribution in [-0.4, -0.2) is 15.8 Å². The van der Waals surface area contributed by atoms with Crippen molar-refractivity contribution in [3.8, 4) is 0 Å². The highest BCUT2D eigenvalue weighted by molar-refractivity contribution is 6.07. The summed E-state index contributed by atoms with van der Waals surface area (Å²) in [4.78, 5) is 19.4. The van der Waals surface area contributed by atoms with Crippen molar-refractivity contribution in [1.82, 2.24) is 9.97 Å². The number of aryl methyl sites for hydroxylation is 1. The minimum absolute atomic E-state index is 0.0195. The number of carbonyl (C=O) groups is 1. The van der Waals surface area contributed by atoms with Gasteiger partial charge in [-0.2, -0.15) is 0 Å². The summed E-state index contributed by atoms with van der Waals surface area (Å²) in [6.07, 6.45) is 4.18. The molecule has 1 aromatic carbocycles. The van der Waals surface area contributed by atoms with Gasteiger partial charge < -0.3 is 0 Å². The van der Waals surface area contributed by atoms with Crippen molar-refractivity contribution in [2.24, 2.45) is 0 Å². The first kappa shape index (κ1) is 10.4. The molecule has 0 aliphatic carbocycles. The third kappa shape index (κ3) is 1.95. The number of aromatic nitrogens is 2. The number of benzene rings is 1. The molecule has 0 aliphatic heterocycles. The summed E-state index contributed by atoms with van der Waals surface area (Å²) in [6.45, 7) is 1.76. The molecule has 0 atom stereocenters. The van der Waals surface area contributed by atoms with E-state index in [1.807, 2.05) is 0 Å². The molecule has 0 aliphatic rings. The third-order valence-corrected chi connectivity index (χ3v) is 2.17. The van der Waals surface area contributed by atoms with Gasteiger partial charge in [-0.15, -0.1) is 0 Å². The average Bonchev–Trinajstić information content (AvgIpc) is 2.29. The molecule has 0 N–H and O–H groups in total. The lowest BCUT2D eigenvalue weighted by Gasteiger charge is -2.02. The van der Waals surface area contributed by atoms with Crippen LogP contribution < -0.4 is 0 Å². The summed E-state index contributed by atoms with van der Waals surface area (Å²) in [5, 5.41) is 0. The molecule has 0 unspecified atom stereocenters. The summed E-state index contributed by atoms with van der Waals surface area (Å²) < 4.78 is 13.5. The van der Waals surface area contributed by atoms with Crippen molar-refractivity contribution >= 4 is 5.78 Å². The average molecular weight is 216 g/mol. The van der Waals surface area contributed by atoms with E-state index in [2.05, 4.69) is 9.97 Å². The Kier molecular flexibility index (Phi) is 2.72. The van der Waals surface area contributed by atoms with Gasteiger partial charge in [-0.25, -0.2) is 9.37 Å². The fourth-order valence-electron chi connectivity index (χ4n) is 1.36. The number of carbonyl (C=O) groups excluding carboxylic acids is 1. The predicted molar refractivity (Wildman–Crippen MR) is 56.6 cm³/mol. The summed E-state index contributed by atoms with van der Waals surface area (Å²) in [5.41, 5.74) is 0.935. The third-order valence-electron chi connectivity index (χ3n) is 2.17. The molecular formula is C12H9FN2O. The zero-order valence-corrected chi connectivity index (χ0v) is 8.64. The highest BCUT2D eigenvalue weighted by Gasteiger charge is 2.14. The monoisotopic (exact) mass is 216 g/mol. The van der Waals surface area contributed by atoms with Crippen molar-refractivity contribution in [2.75, 3.05) is 0 Å². The van der Waals surface area contributed by atoms with Crippen LogP contribution in [-0.2, 0) is 0 Å². The SMILES string of the molecule is Cc1ccc(C(=O)c2cnccn2)c(F)c1. The van der Waals surface area contributed by atoms with E-state index in [-0.39, 0.29) is 11.3 Å². The van der Waals surface area contributed by atoms with Crippen LogP contribution in [0, 0.1) is 12.7 Å². The minimum Gasteiger partial charge on any atom is -0.287 e. The summed E-state index contributed by atoms with van der Waals surface area (Å²) in [6, 6.07) is 4.47. The van der Waals surface area contributed by atoms with Crippen LogP contribution in [0.5, 0.6) is 0 Å². The number of hydrogen-bond donors (Lipinski definition) is 0. The number of nitrogens with zero attached hydrogens (tertiary/aromatic N) is 2. The summed E-state index contributed by atoms with van der Waals surface area (Å²) >= 11 is 0. The Hall–Kier alpha value is -2.10. The minimum atomic E-state index is -0.532. The fourth-order valence-corrected chi connectivity index (χ4v) is 1.36. The fraction of sp³-hybridized carbons (Fsp3) is 0.0833. The molecular weight excluding hydrogens is 207 g/mol. The van der Waals surface area contributed by atoms with Crippen LogP contribution in [0.15, 0.2) is 36.8 Å². The first-order valence-corrected chi connectivity index (χ1v) is 4.75. The highest BCUT2D eigenvalue weighted by atomic mass is 19.1. The van der Waals surface area contributed by atoms with E-state index in [0.29, 0.717) is 0 Å². The van der Waals surface area contributed by atoms with Crippen LogP contribution >= 0.6 is 0 Å². The van der Waals surface area contributed by atoms with Gasteiger partial charge >= 0.3 is 0 Å². The molecule has 2 aromatic rings. The zero-order valence-electron chi connectivity index (χ0n) is 8.64. The number of halogens is 1. The van der Waals surface area contributed by atoms with Gasteiger partial charge in [0.25, 0.3) is 0 Å². The lowest BCUT2D eigenvalue weighted by atomic mass is 10.1. The van der Waals surface area contributed by atoms with E-state index in [9.17, 15) is 9.18 Å². The molecule has 0 radical (unpaired) electrons. The Morgan fingerprint density at radius 2 is 2.12 bits per heavy atom. The zero-order chi connectivity index (χ0) is 11.5. The van der Waals surface area contributed by atoms with E-state index < -0.39 is 11.6 Å². The smallest absolute Gasteiger partial charge is 0.215 e. The van der Waals surface area contributed by atoms with Gasteiger partial charge in [-0.3, -0.25) is 9.78 Å². The van der Waals surface area contributed by atoms with Gasteiger partial charge in [-0.1, -0.05) is 6.07 Å². The maximum Gasteiger partial charge on any atom is 0.215 e. The van der Waals surface area contributed by atoms with Gasteiger partial charge in [0, 0.05) is 12.4 Å². The molecule has 2 rings (SSSR count). The summed E-state index contributed by atoms with van der Waals surface area (Å²) in [7, 11) is 0. The van der Waals surface area contributed by atoms with Gasteiger partial charge in [-0.05, 0) is 24.6 Å². The second kappa shape index (κ2) is 4.18. The lowest BCUT2D eigenvalue weighted by Crippen LogP contribution is -2.06. The molecule has 16 heavy (non-hydrogen) atoms. The predicted octanol–water partition coefficient (Wildman–Crippen LogP) is 2.16. The molecule has 0 spiro atoms. The van der Waals surface area contributed by atoms with Crippen molar-refractivity contribution < 1.29 is 9.18 Å². The molecule has 0 bridgehead atoms. The summed E-state index contributed by atoms with van der Waals surface area (Å²) in [5.74, 6) is -0.985. The standard InChI is InChI=1S/C12H9FN2O/c1-8-2-3-9(10(13)6-8)12(16)11-7-14-4-5-15-11/h2-7H,1H3. The van der Waals surface area contributed by atoms with Crippen LogP contribution in [0.25, 0.3) is 0 Å². The number of rotatable bonds is 2. The van der Waals surface area contributed by atoms with Crippen LogP contribution in [0.1, 0.15) is 21.6 Å². The Labute approximate surface area is 92.0 Å². The molecule has 1 aromatic heterocycles. The van der Waals surface area contributed by atoms with Gasteiger partial charge in [0.15, 0.2) is 0 Å². The molecule has 3 nitrogen and oxygen atoms in total. The van der Waals surface area contributed by atoms with Crippen molar-refractivity contribution in [3.05, 3.63) is 59.4 Å². The molecule has 0 saturated heterocycles. The van der Waals surface area contributed by atoms with E-state index in [1.54, 1.807) is 13.0 Å². The largest absolute Gasteiger partial charge is 0.287 e. The molecule has 0 saturated carbocycles. The molecule has 1 heterocycles. The van der Waals surface area contributed by atoms with E-state index in [4.69, 9.17) is 0 Å². The topological polar surface area (TPSA) is 42.9 Å². The van der Waals surface area contributed by atoms with Gasteiger partial charge in [0.2, 0.25) is 5.78 Å². The van der Waals surface area contributed by atoms with Crippen LogP contribution in [0.3, 0.4) is 0 Å². The Balaban J connectivity index is 2.42. The van der Waals surface area contributed by atoms with E-state index >= 15 is 0 Å². The van der Waals surface area contributed by atoms with Crippen molar-refractivity contribution in [3.63, 3.8) is 0 Å². The molecule has 0 fully saturated rings. The van der Waals surface area contributed by atoms with E-state index in [1.165, 1.54) is 30.7 Å². The Bertz CT molecular complexity index is 526. The molecule has 0 amide bonds. The lowest BCUT2D eigenvalue weighted by molar-refractivity contribution is 0.103. The van der Waals surface area contributed by atoms with Crippen LogP contribution in [0.4, 0.5) is 4.39 Å². The van der Waals surface area contributed by atoms with Gasteiger partial charge in [0.05, 0.1) is 11.8 Å². The molecule has 80 valence electrons. The second-order valence-corrected chi connectivity index (χ2v) is 3.40. The number of ketones is 1. The number of hydrogen-bond acceptors (Lipinski definition) is 3. The van der Waals surface area contributed by atoms with Crippen LogP contribution in [0.2, 0.25) is 0 Å². The second-order valence-electron chi connectivity index (χ2n) is 3.40.